The average Bonchev–Trinajstić information content (AvgIpc) is 1.37. The second kappa shape index (κ2) is 9.44. The van der Waals surface area contributed by atoms with Gasteiger partial charge in [0.2, 0.25) is 0 Å². The Balaban J connectivity index is 0.638. The molecule has 4 nitrogen and oxygen atoms in total. The SMILES string of the molecule is CC1(C)COC(c2ccc(OCCCCCCCCCCN3C45c6c7c8c9c%10c%11c(c%12c%13c4c4c%14c6c6c%15c7c7c9c9c%10c%10c%16c%11c%12c%11c%12c%13c4c4c%13c%14c6c6c%14c%15c7c7c9c9c%10c%10c%16c%11c%11c%12c4c4c%13c6c6c%14c7c9c7c%10c%11c4c67)C835)cc2)OC1. The van der Waals surface area contributed by atoms with Crippen LogP contribution in [0.3, 0.4) is 0 Å². The molecule has 0 radical (unpaired) electrons. The first-order chi connectivity index (χ1) is 42.6. The van der Waals surface area contributed by atoms with Crippen LogP contribution in [0.25, 0.3) is 291 Å². The van der Waals surface area contributed by atoms with Crippen LogP contribution < -0.4 is 4.74 Å². The Morgan fingerprint density at radius 2 is 0.535 bits per heavy atom. The van der Waals surface area contributed by atoms with Crippen molar-refractivity contribution in [2.24, 2.45) is 5.41 Å². The minimum Gasteiger partial charge on any atom is -0.494 e. The molecule has 0 bridgehead atoms. The third-order valence-electron chi connectivity index (χ3n) is 28.9. The predicted octanol–water partition coefficient (Wildman–Crippen LogP) is 21.8. The van der Waals surface area contributed by atoms with Crippen LogP contribution in [-0.4, -0.2) is 31.3 Å². The van der Waals surface area contributed by atoms with Gasteiger partial charge < -0.3 is 14.2 Å². The van der Waals surface area contributed by atoms with E-state index in [0.29, 0.717) is 13.2 Å². The summed E-state index contributed by atoms with van der Waals surface area (Å²) in [6.45, 7) is 7.75. The van der Waals surface area contributed by atoms with E-state index in [1.165, 1.54) is 44.9 Å². The minimum absolute atomic E-state index is 0.0681. The number of nitrogens with zero attached hydrogens (tertiary/aromatic N) is 1. The minimum atomic E-state index is -0.280. The van der Waals surface area contributed by atoms with Crippen molar-refractivity contribution in [3.8, 4) is 5.75 Å². The third kappa shape index (κ3) is 2.43. The normalized spacial score (nSPS) is 23.1. The highest BCUT2D eigenvalue weighted by atomic mass is 16.7. The van der Waals surface area contributed by atoms with E-state index >= 15 is 0 Å². The number of hydrogen-bond donors (Lipinski definition) is 0. The number of unbranched alkanes of at least 4 members (excludes halogenated alkanes) is 7. The molecule has 0 amide bonds. The summed E-state index contributed by atoms with van der Waals surface area (Å²) >= 11 is 0. The quantitative estimate of drug-likeness (QED) is 0.0654. The summed E-state index contributed by atoms with van der Waals surface area (Å²) in [7, 11) is 0. The van der Waals surface area contributed by atoms with Gasteiger partial charge in [-0.3, -0.25) is 4.90 Å². The molecule has 2 spiro atoms. The van der Waals surface area contributed by atoms with E-state index in [4.69, 9.17) is 14.2 Å². The summed E-state index contributed by atoms with van der Waals surface area (Å²) in [5, 5.41) is 91.1. The van der Waals surface area contributed by atoms with Gasteiger partial charge in [-0.15, -0.1) is 0 Å². The van der Waals surface area contributed by atoms with Crippen molar-refractivity contribution in [1.82, 2.24) is 4.90 Å². The zero-order valence-electron chi connectivity index (χ0n) is 46.5. The van der Waals surface area contributed by atoms with Crippen molar-refractivity contribution in [2.45, 2.75) is 82.6 Å². The molecule has 2 saturated heterocycles. The zero-order chi connectivity index (χ0) is 52.7. The van der Waals surface area contributed by atoms with Crippen molar-refractivity contribution < 1.29 is 14.2 Å². The topological polar surface area (TPSA) is 30.7 Å². The molecule has 86 heavy (non-hydrogen) atoms. The standard InChI is InChI=1S/C82H35NO3/c1-80(2)17-85-79(86-18-80)19-11-13-20(14-12-19)84-16-10-8-6-4-3-5-7-9-15-83-81-75-68-61-49-41-32-23-21-22-24-27(23)36-43(41)51-52-44(36)42-33(24)35-31-26(22)29-28-25(21)30-34(32)47(49)55-53-39(30)37(28)45-46-38(29)40(31)54-56-48(35)50(42)62-64(52)73(72(75)63(51)61)76-69(62)67(56)71-60(54)58(46)65-57(45)59(53)70(66(55)68)77(81)74(65)78(71)82(76,81)83/h11-14,79H,3-10,15-18H2,1-2H3. The smallest absolute Gasteiger partial charge is 0.183 e. The van der Waals surface area contributed by atoms with Crippen molar-refractivity contribution >= 4 is 291 Å². The maximum atomic E-state index is 6.25. The molecule has 2 atom stereocenters. The molecule has 35 rings (SSSR count). The molecule has 386 valence electrons. The van der Waals surface area contributed by atoms with E-state index in [-0.39, 0.29) is 22.8 Å². The molecule has 0 saturated carbocycles. The van der Waals surface area contributed by atoms with Crippen LogP contribution in [0, 0.1) is 5.41 Å². The van der Waals surface area contributed by atoms with Crippen molar-refractivity contribution in [1.29, 1.82) is 0 Å². The largest absolute Gasteiger partial charge is 0.494 e. The van der Waals surface area contributed by atoms with Crippen LogP contribution in [0.15, 0.2) is 24.3 Å². The van der Waals surface area contributed by atoms with E-state index < -0.39 is 0 Å². The number of hydrogen-bond acceptors (Lipinski definition) is 4. The van der Waals surface area contributed by atoms with Gasteiger partial charge in [-0.05, 0) is 338 Å². The van der Waals surface area contributed by atoms with Crippen LogP contribution in [0.4, 0.5) is 0 Å². The van der Waals surface area contributed by atoms with E-state index in [2.05, 4.69) is 43.0 Å². The molecule has 2 fully saturated rings. The Morgan fingerprint density at radius 1 is 0.302 bits per heavy atom. The lowest BCUT2D eigenvalue weighted by Crippen LogP contribution is -2.33. The van der Waals surface area contributed by atoms with Crippen molar-refractivity contribution in [2.75, 3.05) is 26.4 Å². The van der Waals surface area contributed by atoms with E-state index in [0.717, 1.165) is 30.9 Å². The van der Waals surface area contributed by atoms with Gasteiger partial charge >= 0.3 is 0 Å². The Bertz CT molecular complexity index is 7580. The Labute approximate surface area is 479 Å². The third-order valence-corrected chi connectivity index (χ3v) is 28.9. The van der Waals surface area contributed by atoms with E-state index in [9.17, 15) is 0 Å². The van der Waals surface area contributed by atoms with Gasteiger partial charge in [0.25, 0.3) is 0 Å². The molecule has 2 aliphatic heterocycles. The Kier molecular flexibility index (Phi) is 4.06. The zero-order valence-corrected chi connectivity index (χ0v) is 46.5. The second-order valence-corrected chi connectivity index (χ2v) is 31.7. The number of rotatable bonds is 13. The van der Waals surface area contributed by atoms with Gasteiger partial charge in [-0.1, -0.05) is 64.5 Å². The molecule has 4 heteroatoms. The first-order valence-corrected chi connectivity index (χ1v) is 33.1. The van der Waals surface area contributed by atoms with Gasteiger partial charge in [0.1, 0.15) is 16.8 Å². The summed E-state index contributed by atoms with van der Waals surface area (Å²) in [6, 6.07) is 8.37. The lowest BCUT2D eigenvalue weighted by Gasteiger charge is -2.34. The first kappa shape index (κ1) is 37.0. The summed E-state index contributed by atoms with van der Waals surface area (Å²) < 4.78 is 18.3. The maximum absolute atomic E-state index is 6.25. The molecular weight excluding hydrogens is 1050 g/mol. The molecule has 6 aliphatic rings. The Hall–Kier alpha value is -8.64. The fourth-order valence-electron chi connectivity index (χ4n) is 27.7. The molecule has 29 aromatic rings. The van der Waals surface area contributed by atoms with Crippen LogP contribution >= 0.6 is 0 Å². The van der Waals surface area contributed by atoms with Crippen LogP contribution in [0.1, 0.15) is 99.3 Å². The molecule has 2 unspecified atom stereocenters. The molecule has 4 aliphatic carbocycles. The second-order valence-electron chi connectivity index (χ2n) is 31.7. The van der Waals surface area contributed by atoms with Crippen LogP contribution in [-0.2, 0) is 20.6 Å². The number of benzene rings is 18. The summed E-state index contributed by atoms with van der Waals surface area (Å²) in [4.78, 5) is 3.30. The van der Waals surface area contributed by atoms with Gasteiger partial charge in [-0.2, -0.15) is 0 Å². The highest BCUT2D eigenvalue weighted by Crippen LogP contribution is 2.90. The van der Waals surface area contributed by atoms with Gasteiger partial charge in [0.15, 0.2) is 6.29 Å². The van der Waals surface area contributed by atoms with Crippen LogP contribution in [0.2, 0.25) is 0 Å². The fourth-order valence-corrected chi connectivity index (χ4v) is 27.7. The average molecular weight is 1080 g/mol. The lowest BCUT2D eigenvalue weighted by molar-refractivity contribution is -0.226. The maximum Gasteiger partial charge on any atom is 0.183 e. The molecule has 0 N–H and O–H groups in total. The summed E-state index contributed by atoms with van der Waals surface area (Å²) in [6.07, 6.45) is 9.84. The van der Waals surface area contributed by atoms with Gasteiger partial charge in [0.05, 0.1) is 19.8 Å². The highest BCUT2D eigenvalue weighted by molar-refractivity contribution is 6.82. The fraction of sp³-hybridized carbons (Fsp3) is 0.220. The lowest BCUT2D eigenvalue weighted by atomic mass is 9.69. The summed E-state index contributed by atoms with van der Waals surface area (Å²) in [5.41, 5.74) is 7.92. The molecule has 0 aromatic heterocycles. The van der Waals surface area contributed by atoms with Crippen molar-refractivity contribution in [3.05, 3.63) is 52.1 Å². The molecule has 2 heterocycles. The van der Waals surface area contributed by atoms with Crippen LogP contribution in [0.5, 0.6) is 5.75 Å². The van der Waals surface area contributed by atoms with Gasteiger partial charge in [-0.25, -0.2) is 0 Å². The van der Waals surface area contributed by atoms with E-state index in [1.54, 1.807) is 313 Å². The predicted molar refractivity (Wildman–Crippen MR) is 358 cm³/mol. The van der Waals surface area contributed by atoms with Crippen molar-refractivity contribution in [3.63, 3.8) is 0 Å². The Morgan fingerprint density at radius 3 is 0.849 bits per heavy atom. The van der Waals surface area contributed by atoms with Gasteiger partial charge in [0, 0.05) is 17.5 Å². The first-order valence-electron chi connectivity index (χ1n) is 33.1. The highest BCUT2D eigenvalue weighted by Gasteiger charge is 2.86. The van der Waals surface area contributed by atoms with E-state index in [1.807, 2.05) is 0 Å². The number of ether oxygens (including phenoxy) is 3. The monoisotopic (exact) mass is 1080 g/mol. The molecule has 29 aromatic carbocycles. The molecular formula is C82H35NO3. The summed E-state index contributed by atoms with van der Waals surface area (Å²) in [5.74, 6) is 0.939.